The van der Waals surface area contributed by atoms with Crippen LogP contribution in [0.1, 0.15) is 33.6 Å². The lowest BCUT2D eigenvalue weighted by Crippen LogP contribution is -2.29. The second-order valence-electron chi connectivity index (χ2n) is 4.55. The molecule has 1 aliphatic carbocycles. The molecule has 1 nitrogen and oxygen atoms in total. The van der Waals surface area contributed by atoms with Gasteiger partial charge in [0.05, 0.1) is 0 Å². The molecule has 1 atom stereocenters. The van der Waals surface area contributed by atoms with Gasteiger partial charge in [-0.15, -0.1) is 0 Å². The van der Waals surface area contributed by atoms with Crippen molar-refractivity contribution in [2.75, 3.05) is 18.1 Å². The van der Waals surface area contributed by atoms with E-state index in [4.69, 9.17) is 0 Å². The molecule has 0 bridgehead atoms. The van der Waals surface area contributed by atoms with Gasteiger partial charge in [0.2, 0.25) is 0 Å². The SMILES string of the molecule is CC(C)CSCCNC(C)C1CC1. The third-order valence-electron chi connectivity index (χ3n) is 2.49. The molecule has 1 saturated carbocycles. The van der Waals surface area contributed by atoms with Crippen molar-refractivity contribution in [3.8, 4) is 0 Å². The zero-order valence-corrected chi connectivity index (χ0v) is 9.99. The van der Waals surface area contributed by atoms with Gasteiger partial charge in [0.15, 0.2) is 0 Å². The molecule has 1 fully saturated rings. The number of hydrogen-bond donors (Lipinski definition) is 1. The highest BCUT2D eigenvalue weighted by Crippen LogP contribution is 2.32. The fourth-order valence-corrected chi connectivity index (χ4v) is 2.34. The molecule has 1 rings (SSSR count). The topological polar surface area (TPSA) is 12.0 Å². The van der Waals surface area contributed by atoms with E-state index in [1.807, 2.05) is 0 Å². The molecule has 1 unspecified atom stereocenters. The molecule has 78 valence electrons. The summed E-state index contributed by atoms with van der Waals surface area (Å²) in [6.07, 6.45) is 2.90. The Hall–Kier alpha value is 0.310. The van der Waals surface area contributed by atoms with Crippen LogP contribution in [0.25, 0.3) is 0 Å². The van der Waals surface area contributed by atoms with Crippen LogP contribution in [0.3, 0.4) is 0 Å². The van der Waals surface area contributed by atoms with Gasteiger partial charge >= 0.3 is 0 Å². The van der Waals surface area contributed by atoms with Crippen LogP contribution in [0.4, 0.5) is 0 Å². The van der Waals surface area contributed by atoms with Gasteiger partial charge in [-0.2, -0.15) is 11.8 Å². The van der Waals surface area contributed by atoms with Crippen LogP contribution in [-0.4, -0.2) is 24.1 Å². The van der Waals surface area contributed by atoms with Gasteiger partial charge in [0.25, 0.3) is 0 Å². The Morgan fingerprint density at radius 2 is 2.00 bits per heavy atom. The first kappa shape index (κ1) is 11.4. The number of thioether (sulfide) groups is 1. The Morgan fingerprint density at radius 3 is 2.54 bits per heavy atom. The second kappa shape index (κ2) is 5.92. The molecule has 0 aromatic rings. The smallest absolute Gasteiger partial charge is 0.00673 e. The number of hydrogen-bond acceptors (Lipinski definition) is 2. The summed E-state index contributed by atoms with van der Waals surface area (Å²) in [5, 5.41) is 3.60. The third kappa shape index (κ3) is 5.58. The van der Waals surface area contributed by atoms with E-state index in [0.29, 0.717) is 0 Å². The number of rotatable bonds is 7. The van der Waals surface area contributed by atoms with E-state index < -0.39 is 0 Å². The van der Waals surface area contributed by atoms with Gasteiger partial charge in [-0.05, 0) is 37.4 Å². The Balaban J connectivity index is 1.83. The maximum absolute atomic E-state index is 3.60. The van der Waals surface area contributed by atoms with Gasteiger partial charge in [-0.25, -0.2) is 0 Å². The molecule has 0 spiro atoms. The minimum absolute atomic E-state index is 0.764. The van der Waals surface area contributed by atoms with Crippen molar-refractivity contribution >= 4 is 11.8 Å². The fourth-order valence-electron chi connectivity index (χ4n) is 1.44. The van der Waals surface area contributed by atoms with Gasteiger partial charge in [0.1, 0.15) is 0 Å². The molecular formula is C11H23NS. The Labute approximate surface area is 87.1 Å². The Morgan fingerprint density at radius 1 is 1.31 bits per heavy atom. The van der Waals surface area contributed by atoms with Gasteiger partial charge < -0.3 is 5.32 Å². The first-order valence-electron chi connectivity index (χ1n) is 5.51. The summed E-state index contributed by atoms with van der Waals surface area (Å²) in [7, 11) is 0. The molecule has 13 heavy (non-hydrogen) atoms. The predicted octanol–water partition coefficient (Wildman–Crippen LogP) is 2.76. The molecule has 0 amide bonds. The lowest BCUT2D eigenvalue weighted by Gasteiger charge is -2.12. The van der Waals surface area contributed by atoms with E-state index in [-0.39, 0.29) is 0 Å². The Bertz CT molecular complexity index is 132. The first-order valence-corrected chi connectivity index (χ1v) is 6.66. The third-order valence-corrected chi connectivity index (χ3v) is 3.89. The summed E-state index contributed by atoms with van der Waals surface area (Å²) in [6, 6.07) is 0.764. The standard InChI is InChI=1S/C11H23NS/c1-9(2)8-13-7-6-12-10(3)11-4-5-11/h9-12H,4-8H2,1-3H3. The van der Waals surface area contributed by atoms with Crippen molar-refractivity contribution in [1.29, 1.82) is 0 Å². The van der Waals surface area contributed by atoms with Gasteiger partial charge in [-0.3, -0.25) is 0 Å². The zero-order chi connectivity index (χ0) is 9.68. The summed E-state index contributed by atoms with van der Waals surface area (Å²) in [4.78, 5) is 0. The quantitative estimate of drug-likeness (QED) is 0.636. The van der Waals surface area contributed by atoms with E-state index >= 15 is 0 Å². The van der Waals surface area contributed by atoms with Crippen molar-refractivity contribution in [3.05, 3.63) is 0 Å². The van der Waals surface area contributed by atoms with Crippen molar-refractivity contribution in [1.82, 2.24) is 5.32 Å². The molecule has 0 aromatic carbocycles. The molecular weight excluding hydrogens is 178 g/mol. The summed E-state index contributed by atoms with van der Waals surface area (Å²) in [6.45, 7) is 8.08. The minimum atomic E-state index is 0.764. The molecule has 0 saturated heterocycles. The monoisotopic (exact) mass is 201 g/mol. The first-order chi connectivity index (χ1) is 6.20. The molecule has 1 N–H and O–H groups in total. The summed E-state index contributed by atoms with van der Waals surface area (Å²) in [5.74, 6) is 4.41. The maximum atomic E-state index is 3.60. The average Bonchev–Trinajstić information content (AvgIpc) is 2.85. The second-order valence-corrected chi connectivity index (χ2v) is 5.70. The molecule has 0 heterocycles. The molecule has 0 aliphatic heterocycles. The van der Waals surface area contributed by atoms with Crippen LogP contribution < -0.4 is 5.32 Å². The van der Waals surface area contributed by atoms with Gasteiger partial charge in [-0.1, -0.05) is 13.8 Å². The van der Waals surface area contributed by atoms with Crippen molar-refractivity contribution in [3.63, 3.8) is 0 Å². The van der Waals surface area contributed by atoms with E-state index in [0.717, 1.165) is 17.9 Å². The van der Waals surface area contributed by atoms with Crippen LogP contribution in [0.5, 0.6) is 0 Å². The average molecular weight is 201 g/mol. The Kier molecular flexibility index (Phi) is 5.18. The molecule has 2 heteroatoms. The van der Waals surface area contributed by atoms with Gasteiger partial charge in [0, 0.05) is 18.3 Å². The van der Waals surface area contributed by atoms with Crippen LogP contribution in [-0.2, 0) is 0 Å². The molecule has 1 aliphatic rings. The van der Waals surface area contributed by atoms with Crippen LogP contribution in [0, 0.1) is 11.8 Å². The maximum Gasteiger partial charge on any atom is 0.00673 e. The summed E-state index contributed by atoms with van der Waals surface area (Å²) >= 11 is 2.07. The molecule has 0 radical (unpaired) electrons. The predicted molar refractivity (Wildman–Crippen MR) is 62.4 cm³/mol. The molecule has 0 aromatic heterocycles. The zero-order valence-electron chi connectivity index (χ0n) is 9.18. The van der Waals surface area contributed by atoms with E-state index in [1.165, 1.54) is 30.9 Å². The van der Waals surface area contributed by atoms with Crippen LogP contribution in [0.2, 0.25) is 0 Å². The highest BCUT2D eigenvalue weighted by molar-refractivity contribution is 7.99. The van der Waals surface area contributed by atoms with E-state index in [9.17, 15) is 0 Å². The van der Waals surface area contributed by atoms with Crippen molar-refractivity contribution < 1.29 is 0 Å². The lowest BCUT2D eigenvalue weighted by atomic mass is 10.2. The number of nitrogens with one attached hydrogen (secondary N) is 1. The minimum Gasteiger partial charge on any atom is -0.313 e. The summed E-state index contributed by atoms with van der Waals surface area (Å²) in [5.41, 5.74) is 0. The highest BCUT2D eigenvalue weighted by Gasteiger charge is 2.26. The normalized spacial score (nSPS) is 19.4. The van der Waals surface area contributed by atoms with E-state index in [1.54, 1.807) is 0 Å². The highest BCUT2D eigenvalue weighted by atomic mass is 32.2. The lowest BCUT2D eigenvalue weighted by molar-refractivity contribution is 0.514. The van der Waals surface area contributed by atoms with Crippen LogP contribution in [0.15, 0.2) is 0 Å². The van der Waals surface area contributed by atoms with E-state index in [2.05, 4.69) is 37.8 Å². The van der Waals surface area contributed by atoms with Crippen molar-refractivity contribution in [2.45, 2.75) is 39.7 Å². The largest absolute Gasteiger partial charge is 0.313 e. The van der Waals surface area contributed by atoms with Crippen molar-refractivity contribution in [2.24, 2.45) is 11.8 Å². The fraction of sp³-hybridized carbons (Fsp3) is 1.00. The summed E-state index contributed by atoms with van der Waals surface area (Å²) < 4.78 is 0. The van der Waals surface area contributed by atoms with Crippen LogP contribution >= 0.6 is 11.8 Å².